The van der Waals surface area contributed by atoms with Gasteiger partial charge in [-0.05, 0) is 42.0 Å². The number of nitrogens with zero attached hydrogens (tertiary/aromatic N) is 2. The molecule has 2 aliphatic rings. The number of carbonyl (C=O) groups is 1. The van der Waals surface area contributed by atoms with Crippen LogP contribution in [0.25, 0.3) is 17.5 Å². The van der Waals surface area contributed by atoms with Gasteiger partial charge in [-0.15, -0.1) is 5.10 Å². The van der Waals surface area contributed by atoms with Crippen molar-refractivity contribution in [2.45, 2.75) is 0 Å². The van der Waals surface area contributed by atoms with Crippen molar-refractivity contribution in [3.8, 4) is 34.5 Å². The number of aromatic nitrogens is 2. The standard InChI is InChI=1S/C19H13N3O6/c23-17(6-2-11-1-4-13-15(7-11)26-9-24-13)20-19-22-21-18(28-19)12-3-5-14-16(8-12)27-10-25-14/h1-8H,9-10H2,(H,20,22,23). The van der Waals surface area contributed by atoms with Gasteiger partial charge in [-0.3, -0.25) is 10.1 Å². The van der Waals surface area contributed by atoms with E-state index < -0.39 is 5.91 Å². The molecule has 0 bridgehead atoms. The minimum Gasteiger partial charge on any atom is -0.454 e. The molecule has 5 rings (SSSR count). The van der Waals surface area contributed by atoms with E-state index in [1.54, 1.807) is 36.4 Å². The molecule has 9 heteroatoms. The first kappa shape index (κ1) is 16.2. The second-order valence-corrected chi connectivity index (χ2v) is 5.92. The fourth-order valence-electron chi connectivity index (χ4n) is 2.76. The number of benzene rings is 2. The van der Waals surface area contributed by atoms with E-state index in [1.807, 2.05) is 6.07 Å². The average Bonchev–Trinajstić information content (AvgIpc) is 3.45. The highest BCUT2D eigenvalue weighted by atomic mass is 16.7. The predicted molar refractivity (Wildman–Crippen MR) is 96.1 cm³/mol. The fourth-order valence-corrected chi connectivity index (χ4v) is 2.76. The highest BCUT2D eigenvalue weighted by Gasteiger charge is 2.17. The van der Waals surface area contributed by atoms with Gasteiger partial charge in [0.25, 0.3) is 5.91 Å². The molecule has 0 saturated heterocycles. The predicted octanol–water partition coefficient (Wildman–Crippen LogP) is 2.85. The smallest absolute Gasteiger partial charge is 0.322 e. The molecule has 0 spiro atoms. The lowest BCUT2D eigenvalue weighted by Gasteiger charge is -1.99. The van der Waals surface area contributed by atoms with Gasteiger partial charge in [-0.2, -0.15) is 0 Å². The van der Waals surface area contributed by atoms with Crippen molar-refractivity contribution in [1.29, 1.82) is 0 Å². The normalized spacial score (nSPS) is 13.9. The number of ether oxygens (including phenoxy) is 4. The Morgan fingerprint density at radius 2 is 1.61 bits per heavy atom. The van der Waals surface area contributed by atoms with E-state index in [1.165, 1.54) is 6.08 Å². The van der Waals surface area contributed by atoms with E-state index in [0.717, 1.165) is 5.56 Å². The molecule has 3 aromatic rings. The Balaban J connectivity index is 1.26. The van der Waals surface area contributed by atoms with Crippen LogP contribution in [0.2, 0.25) is 0 Å². The lowest BCUT2D eigenvalue weighted by atomic mass is 10.2. The number of fused-ring (bicyclic) bond motifs is 2. The molecular formula is C19H13N3O6. The highest BCUT2D eigenvalue weighted by molar-refractivity contribution is 6.00. The van der Waals surface area contributed by atoms with Gasteiger partial charge in [0.2, 0.25) is 19.5 Å². The third-order valence-electron chi connectivity index (χ3n) is 4.10. The average molecular weight is 379 g/mol. The SMILES string of the molecule is O=C(C=Cc1ccc2c(c1)OCO2)Nc1nnc(-c2ccc3c(c2)OCO3)o1. The Kier molecular flexibility index (Phi) is 3.82. The van der Waals surface area contributed by atoms with Crippen LogP contribution in [-0.4, -0.2) is 29.7 Å². The second kappa shape index (κ2) is 6.62. The summed E-state index contributed by atoms with van der Waals surface area (Å²) >= 11 is 0. The van der Waals surface area contributed by atoms with E-state index in [0.29, 0.717) is 28.6 Å². The second-order valence-electron chi connectivity index (χ2n) is 5.92. The van der Waals surface area contributed by atoms with Crippen LogP contribution < -0.4 is 24.3 Å². The molecule has 1 aromatic heterocycles. The van der Waals surface area contributed by atoms with Crippen LogP contribution in [0.4, 0.5) is 6.01 Å². The molecule has 28 heavy (non-hydrogen) atoms. The number of amides is 1. The Hall–Kier alpha value is -4.01. The maximum atomic E-state index is 12.1. The molecule has 0 radical (unpaired) electrons. The van der Waals surface area contributed by atoms with E-state index >= 15 is 0 Å². The Labute approximate surface area is 158 Å². The van der Waals surface area contributed by atoms with E-state index in [9.17, 15) is 4.79 Å². The van der Waals surface area contributed by atoms with Crippen molar-refractivity contribution < 1.29 is 28.2 Å². The first-order valence-corrected chi connectivity index (χ1v) is 8.37. The fraction of sp³-hybridized carbons (Fsp3) is 0.105. The summed E-state index contributed by atoms with van der Waals surface area (Å²) < 4.78 is 26.6. The maximum absolute atomic E-state index is 12.1. The van der Waals surface area contributed by atoms with Crippen molar-refractivity contribution in [1.82, 2.24) is 10.2 Å². The van der Waals surface area contributed by atoms with Gasteiger partial charge in [0.15, 0.2) is 23.0 Å². The molecule has 2 aliphatic heterocycles. The van der Waals surface area contributed by atoms with Crippen LogP contribution in [0.1, 0.15) is 5.56 Å². The van der Waals surface area contributed by atoms with Gasteiger partial charge in [0.05, 0.1) is 0 Å². The van der Waals surface area contributed by atoms with Crippen molar-refractivity contribution in [2.24, 2.45) is 0 Å². The minimum atomic E-state index is -0.404. The first-order valence-electron chi connectivity index (χ1n) is 8.37. The van der Waals surface area contributed by atoms with Gasteiger partial charge in [-0.1, -0.05) is 11.2 Å². The molecule has 9 nitrogen and oxygen atoms in total. The van der Waals surface area contributed by atoms with Gasteiger partial charge in [-0.25, -0.2) is 0 Å². The summed E-state index contributed by atoms with van der Waals surface area (Å²) in [4.78, 5) is 12.1. The van der Waals surface area contributed by atoms with Crippen molar-refractivity contribution in [3.05, 3.63) is 48.0 Å². The monoisotopic (exact) mass is 379 g/mol. The maximum Gasteiger partial charge on any atom is 0.322 e. The summed E-state index contributed by atoms with van der Waals surface area (Å²) in [5.74, 6) is 2.45. The van der Waals surface area contributed by atoms with Gasteiger partial charge in [0, 0.05) is 11.6 Å². The first-order chi connectivity index (χ1) is 13.7. The molecule has 0 atom stereocenters. The Morgan fingerprint density at radius 3 is 2.43 bits per heavy atom. The molecule has 140 valence electrons. The largest absolute Gasteiger partial charge is 0.454 e. The van der Waals surface area contributed by atoms with Crippen LogP contribution >= 0.6 is 0 Å². The van der Waals surface area contributed by atoms with Crippen LogP contribution in [0.3, 0.4) is 0 Å². The molecule has 0 aliphatic carbocycles. The Morgan fingerprint density at radius 1 is 0.893 bits per heavy atom. The van der Waals surface area contributed by atoms with E-state index in [-0.39, 0.29) is 25.5 Å². The lowest BCUT2D eigenvalue weighted by Crippen LogP contribution is -2.07. The van der Waals surface area contributed by atoms with Gasteiger partial charge in [0.1, 0.15) is 0 Å². The zero-order chi connectivity index (χ0) is 18.9. The lowest BCUT2D eigenvalue weighted by molar-refractivity contribution is -0.112. The van der Waals surface area contributed by atoms with E-state index in [4.69, 9.17) is 23.4 Å². The summed E-state index contributed by atoms with van der Waals surface area (Å²) in [5, 5.41) is 10.3. The van der Waals surface area contributed by atoms with Gasteiger partial charge < -0.3 is 23.4 Å². The zero-order valence-electron chi connectivity index (χ0n) is 14.4. The van der Waals surface area contributed by atoms with Crippen molar-refractivity contribution in [3.63, 3.8) is 0 Å². The molecular weight excluding hydrogens is 366 g/mol. The van der Waals surface area contributed by atoms with Crippen molar-refractivity contribution >= 4 is 18.0 Å². The number of carbonyl (C=O) groups excluding carboxylic acids is 1. The Bertz CT molecular complexity index is 1090. The third-order valence-corrected chi connectivity index (χ3v) is 4.10. The van der Waals surface area contributed by atoms with E-state index in [2.05, 4.69) is 15.5 Å². The van der Waals surface area contributed by atoms with Crippen LogP contribution in [-0.2, 0) is 4.79 Å². The van der Waals surface area contributed by atoms with Gasteiger partial charge >= 0.3 is 6.01 Å². The topological polar surface area (TPSA) is 105 Å². The quantitative estimate of drug-likeness (QED) is 0.690. The molecule has 1 N–H and O–H groups in total. The number of hydrogen-bond acceptors (Lipinski definition) is 8. The number of hydrogen-bond donors (Lipinski definition) is 1. The summed E-state index contributed by atoms with van der Waals surface area (Å²) in [6.45, 7) is 0.380. The molecule has 3 heterocycles. The van der Waals surface area contributed by atoms with Crippen LogP contribution in [0, 0.1) is 0 Å². The summed E-state index contributed by atoms with van der Waals surface area (Å²) in [6.07, 6.45) is 3.01. The number of rotatable bonds is 4. The number of nitrogens with one attached hydrogen (secondary N) is 1. The zero-order valence-corrected chi connectivity index (χ0v) is 14.4. The van der Waals surface area contributed by atoms with Crippen molar-refractivity contribution in [2.75, 3.05) is 18.9 Å². The third kappa shape index (κ3) is 3.09. The number of anilines is 1. The minimum absolute atomic E-state index is 0.00648. The van der Waals surface area contributed by atoms with Crippen LogP contribution in [0.5, 0.6) is 23.0 Å². The summed E-state index contributed by atoms with van der Waals surface area (Å²) in [6, 6.07) is 10.7. The molecule has 0 saturated carbocycles. The summed E-state index contributed by atoms with van der Waals surface area (Å²) in [7, 11) is 0. The highest BCUT2D eigenvalue weighted by Crippen LogP contribution is 2.36. The molecule has 1 amide bonds. The van der Waals surface area contributed by atoms with Crippen LogP contribution in [0.15, 0.2) is 46.9 Å². The molecule has 2 aromatic carbocycles. The summed E-state index contributed by atoms with van der Waals surface area (Å²) in [5.41, 5.74) is 1.46. The molecule has 0 unspecified atom stereocenters. The molecule has 0 fully saturated rings.